The van der Waals surface area contributed by atoms with Gasteiger partial charge in [-0.3, -0.25) is 0 Å². The lowest BCUT2D eigenvalue weighted by atomic mass is 10.0. The summed E-state index contributed by atoms with van der Waals surface area (Å²) in [7, 11) is 1.84. The summed E-state index contributed by atoms with van der Waals surface area (Å²) in [5.74, 6) is 0. The van der Waals surface area contributed by atoms with Crippen LogP contribution >= 0.6 is 0 Å². The van der Waals surface area contributed by atoms with Crippen molar-refractivity contribution in [3.05, 3.63) is 0 Å². The van der Waals surface area contributed by atoms with Gasteiger partial charge < -0.3 is 8.85 Å². The van der Waals surface area contributed by atoms with Crippen molar-refractivity contribution in [2.45, 2.75) is 142 Å². The van der Waals surface area contributed by atoms with Crippen LogP contribution < -0.4 is 0 Å². The SMILES string of the molecule is CCCCCCCCCCCCCCCCCCC[Si](CCC)(OC)OC. The van der Waals surface area contributed by atoms with Crippen molar-refractivity contribution in [1.82, 2.24) is 0 Å². The van der Waals surface area contributed by atoms with Crippen LogP contribution in [0.4, 0.5) is 0 Å². The Morgan fingerprint density at radius 1 is 0.407 bits per heavy atom. The zero-order valence-electron chi connectivity index (χ0n) is 19.5. The second kappa shape index (κ2) is 20.9. The van der Waals surface area contributed by atoms with Crippen molar-refractivity contribution in [2.24, 2.45) is 0 Å². The third-order valence-electron chi connectivity index (χ3n) is 6.04. The van der Waals surface area contributed by atoms with Crippen LogP contribution in [0.25, 0.3) is 0 Å². The van der Waals surface area contributed by atoms with E-state index in [9.17, 15) is 0 Å². The predicted octanol–water partition coefficient (Wildman–Crippen LogP) is 8.78. The molecule has 0 atom stereocenters. The molecular weight excluding hydrogens is 348 g/mol. The van der Waals surface area contributed by atoms with Gasteiger partial charge in [-0.25, -0.2) is 0 Å². The average molecular weight is 401 g/mol. The van der Waals surface area contributed by atoms with Gasteiger partial charge in [-0.1, -0.05) is 129 Å². The van der Waals surface area contributed by atoms with Crippen LogP contribution in [-0.4, -0.2) is 22.8 Å². The Kier molecular flexibility index (Phi) is 21.0. The smallest absolute Gasteiger partial charge is 0.337 e. The fourth-order valence-corrected chi connectivity index (χ4v) is 6.90. The number of rotatable bonds is 22. The highest BCUT2D eigenvalue weighted by atomic mass is 28.4. The highest BCUT2D eigenvalue weighted by Crippen LogP contribution is 2.23. The van der Waals surface area contributed by atoms with E-state index < -0.39 is 8.56 Å². The lowest BCUT2D eigenvalue weighted by Crippen LogP contribution is -2.39. The van der Waals surface area contributed by atoms with Gasteiger partial charge in [-0.05, 0) is 12.1 Å². The maximum Gasteiger partial charge on any atom is 0.337 e. The molecule has 0 aliphatic rings. The van der Waals surface area contributed by atoms with E-state index in [1.807, 2.05) is 14.2 Å². The molecule has 2 nitrogen and oxygen atoms in total. The Morgan fingerprint density at radius 2 is 0.741 bits per heavy atom. The van der Waals surface area contributed by atoms with Crippen molar-refractivity contribution >= 4 is 8.56 Å². The first-order valence-electron chi connectivity index (χ1n) is 12.3. The van der Waals surface area contributed by atoms with E-state index in [-0.39, 0.29) is 0 Å². The lowest BCUT2D eigenvalue weighted by Gasteiger charge is -2.27. The monoisotopic (exact) mass is 400 g/mol. The molecule has 0 saturated carbocycles. The largest absolute Gasteiger partial charge is 0.398 e. The molecule has 0 bridgehead atoms. The van der Waals surface area contributed by atoms with Gasteiger partial charge in [-0.2, -0.15) is 0 Å². The van der Waals surface area contributed by atoms with Crippen LogP contribution in [-0.2, 0) is 8.85 Å². The van der Waals surface area contributed by atoms with E-state index in [1.165, 1.54) is 122 Å². The summed E-state index contributed by atoms with van der Waals surface area (Å²) in [6, 6.07) is 2.31. The molecule has 0 spiro atoms. The highest BCUT2D eigenvalue weighted by Gasteiger charge is 2.33. The molecule has 0 heterocycles. The Bertz CT molecular complexity index is 280. The third-order valence-corrected chi connectivity index (χ3v) is 9.90. The molecule has 0 aromatic carbocycles. The summed E-state index contributed by atoms with van der Waals surface area (Å²) in [6.45, 7) is 4.53. The Balaban J connectivity index is 3.27. The normalized spacial score (nSPS) is 12.0. The summed E-state index contributed by atoms with van der Waals surface area (Å²) in [6.07, 6.45) is 25.5. The maximum absolute atomic E-state index is 5.77. The summed E-state index contributed by atoms with van der Waals surface area (Å²) in [5.41, 5.74) is 0. The van der Waals surface area contributed by atoms with Crippen LogP contribution in [0.15, 0.2) is 0 Å². The van der Waals surface area contributed by atoms with Gasteiger partial charge in [0.05, 0.1) is 0 Å². The maximum atomic E-state index is 5.77. The van der Waals surface area contributed by atoms with Crippen molar-refractivity contribution in [3.8, 4) is 0 Å². The minimum Gasteiger partial charge on any atom is -0.398 e. The van der Waals surface area contributed by atoms with Crippen LogP contribution in [0.1, 0.15) is 129 Å². The minimum atomic E-state index is -1.85. The molecule has 0 aliphatic heterocycles. The predicted molar refractivity (Wildman–Crippen MR) is 124 cm³/mol. The van der Waals surface area contributed by atoms with Crippen LogP contribution in [0.3, 0.4) is 0 Å². The average Bonchev–Trinajstić information content (AvgIpc) is 2.69. The summed E-state index contributed by atoms with van der Waals surface area (Å²) in [5, 5.41) is 0. The van der Waals surface area contributed by atoms with E-state index in [2.05, 4.69) is 13.8 Å². The van der Waals surface area contributed by atoms with Gasteiger partial charge in [0.25, 0.3) is 0 Å². The summed E-state index contributed by atoms with van der Waals surface area (Å²) >= 11 is 0. The first-order valence-corrected chi connectivity index (χ1v) is 14.6. The molecule has 0 saturated heterocycles. The minimum absolute atomic E-state index is 1.14. The lowest BCUT2D eigenvalue weighted by molar-refractivity contribution is 0.239. The third kappa shape index (κ3) is 16.8. The zero-order valence-corrected chi connectivity index (χ0v) is 20.5. The van der Waals surface area contributed by atoms with Gasteiger partial charge in [0.15, 0.2) is 0 Å². The van der Waals surface area contributed by atoms with E-state index in [0.717, 1.165) is 6.04 Å². The number of hydrogen-bond donors (Lipinski definition) is 0. The fraction of sp³-hybridized carbons (Fsp3) is 1.00. The molecule has 0 aliphatic carbocycles. The quantitative estimate of drug-likeness (QED) is 0.133. The van der Waals surface area contributed by atoms with Crippen molar-refractivity contribution in [3.63, 3.8) is 0 Å². The van der Waals surface area contributed by atoms with Crippen molar-refractivity contribution in [1.29, 1.82) is 0 Å². The molecule has 0 aromatic rings. The number of hydrogen-bond acceptors (Lipinski definition) is 2. The zero-order chi connectivity index (χ0) is 20.1. The summed E-state index contributed by atoms with van der Waals surface area (Å²) in [4.78, 5) is 0. The van der Waals surface area contributed by atoms with E-state index in [1.54, 1.807) is 0 Å². The molecule has 0 amide bonds. The van der Waals surface area contributed by atoms with Gasteiger partial charge in [-0.15, -0.1) is 0 Å². The van der Waals surface area contributed by atoms with Gasteiger partial charge in [0.1, 0.15) is 0 Å². The van der Waals surface area contributed by atoms with Crippen LogP contribution in [0.2, 0.25) is 12.1 Å². The van der Waals surface area contributed by atoms with Crippen LogP contribution in [0, 0.1) is 0 Å². The standard InChI is InChI=1S/C24H52O2Si/c1-5-7-8-9-10-11-12-13-14-15-16-17-18-19-20-21-22-24-27(25-3,26-4)23-6-2/h5-24H2,1-4H3. The van der Waals surface area contributed by atoms with E-state index in [4.69, 9.17) is 8.85 Å². The molecule has 0 radical (unpaired) electrons. The van der Waals surface area contributed by atoms with E-state index >= 15 is 0 Å². The number of unbranched alkanes of at least 4 members (excludes halogenated alkanes) is 16. The second-order valence-electron chi connectivity index (χ2n) is 8.48. The van der Waals surface area contributed by atoms with Crippen LogP contribution in [0.5, 0.6) is 0 Å². The molecule has 164 valence electrons. The Labute approximate surface area is 173 Å². The summed E-state index contributed by atoms with van der Waals surface area (Å²) < 4.78 is 11.5. The molecular formula is C24H52O2Si. The van der Waals surface area contributed by atoms with Gasteiger partial charge in [0, 0.05) is 14.2 Å². The second-order valence-corrected chi connectivity index (χ2v) is 12.1. The van der Waals surface area contributed by atoms with Crippen molar-refractivity contribution < 1.29 is 8.85 Å². The molecule has 0 fully saturated rings. The molecule has 0 rings (SSSR count). The van der Waals surface area contributed by atoms with Gasteiger partial charge in [0.2, 0.25) is 0 Å². The molecule has 27 heavy (non-hydrogen) atoms. The molecule has 0 unspecified atom stereocenters. The first-order chi connectivity index (χ1) is 13.2. The molecule has 0 aromatic heterocycles. The Morgan fingerprint density at radius 3 is 1.04 bits per heavy atom. The topological polar surface area (TPSA) is 18.5 Å². The van der Waals surface area contributed by atoms with Crippen molar-refractivity contribution in [2.75, 3.05) is 14.2 Å². The first kappa shape index (κ1) is 27.1. The molecule has 0 N–H and O–H groups in total. The van der Waals surface area contributed by atoms with Gasteiger partial charge >= 0.3 is 8.56 Å². The molecule has 3 heteroatoms. The van der Waals surface area contributed by atoms with E-state index in [0.29, 0.717) is 0 Å². The Hall–Kier alpha value is 0.137. The fourth-order valence-electron chi connectivity index (χ4n) is 4.12. The highest BCUT2D eigenvalue weighted by molar-refractivity contribution is 6.67.